The molecule has 0 aliphatic heterocycles. The first-order valence-electron chi connectivity index (χ1n) is 5.83. The predicted molar refractivity (Wildman–Crippen MR) is 78.8 cm³/mol. The normalized spacial score (nSPS) is 9.89. The first-order chi connectivity index (χ1) is 8.84. The van der Waals surface area contributed by atoms with Crippen LogP contribution in [0.1, 0.15) is 11.1 Å². The molecule has 0 saturated carbocycles. The molecular formula is C16H15NS. The highest BCUT2D eigenvalue weighted by Gasteiger charge is 1.97. The molecule has 0 fully saturated rings. The monoisotopic (exact) mass is 253 g/mol. The van der Waals surface area contributed by atoms with Crippen LogP contribution in [0, 0.1) is 11.2 Å². The smallest absolute Gasteiger partial charge is 0.0346 e. The zero-order chi connectivity index (χ0) is 12.6. The minimum atomic E-state index is 0.898. The molecule has 0 aliphatic carbocycles. The fourth-order valence-corrected chi connectivity index (χ4v) is 2.09. The highest BCUT2D eigenvalue weighted by Crippen LogP contribution is 2.11. The van der Waals surface area contributed by atoms with Gasteiger partial charge in [0, 0.05) is 24.1 Å². The maximum atomic E-state index is 3.13. The molecule has 90 valence electrons. The van der Waals surface area contributed by atoms with Gasteiger partial charge < -0.3 is 0 Å². The third kappa shape index (κ3) is 4.29. The number of nitrogens with zero attached hydrogens (tertiary/aromatic N) is 1. The van der Waals surface area contributed by atoms with Crippen molar-refractivity contribution in [3.05, 3.63) is 71.8 Å². The summed E-state index contributed by atoms with van der Waals surface area (Å²) < 4.78 is 2.13. The van der Waals surface area contributed by atoms with Gasteiger partial charge in [0.25, 0.3) is 0 Å². The lowest BCUT2D eigenvalue weighted by atomic mass is 10.2. The second kappa shape index (κ2) is 6.90. The summed E-state index contributed by atoms with van der Waals surface area (Å²) in [5.41, 5.74) is 2.35. The van der Waals surface area contributed by atoms with Crippen LogP contribution in [0.4, 0.5) is 0 Å². The highest BCUT2D eigenvalue weighted by atomic mass is 32.2. The molecule has 0 saturated heterocycles. The predicted octanol–water partition coefficient (Wildman–Crippen LogP) is 3.78. The first kappa shape index (κ1) is 12.8. The van der Waals surface area contributed by atoms with Crippen LogP contribution in [0.3, 0.4) is 0 Å². The van der Waals surface area contributed by atoms with E-state index in [1.807, 2.05) is 36.4 Å². The molecule has 0 atom stereocenters. The molecule has 2 aromatic carbocycles. The molecule has 2 aromatic rings. The van der Waals surface area contributed by atoms with Crippen LogP contribution in [0.5, 0.6) is 0 Å². The Hall–Kier alpha value is -1.69. The van der Waals surface area contributed by atoms with E-state index in [1.54, 1.807) is 0 Å². The van der Waals surface area contributed by atoms with Crippen LogP contribution in [-0.2, 0) is 6.54 Å². The maximum absolute atomic E-state index is 3.13. The van der Waals surface area contributed by atoms with Gasteiger partial charge >= 0.3 is 0 Å². The average Bonchev–Trinajstić information content (AvgIpc) is 2.41. The van der Waals surface area contributed by atoms with Gasteiger partial charge in [0.05, 0.1) is 0 Å². The Bertz CT molecular complexity index is 525. The van der Waals surface area contributed by atoms with E-state index in [0.717, 1.165) is 12.1 Å². The second-order valence-corrected chi connectivity index (χ2v) is 4.97. The minimum absolute atomic E-state index is 0.898. The Balaban J connectivity index is 1.86. The molecule has 0 unspecified atom stereocenters. The van der Waals surface area contributed by atoms with E-state index in [-0.39, 0.29) is 0 Å². The maximum Gasteiger partial charge on any atom is 0.0346 e. The summed E-state index contributed by atoms with van der Waals surface area (Å²) in [7, 11) is 2.05. The average molecular weight is 253 g/mol. The topological polar surface area (TPSA) is 3.24 Å². The summed E-state index contributed by atoms with van der Waals surface area (Å²) in [6, 6.07) is 20.4. The standard InChI is InChI=1S/C16H15NS/c1-17(14-16-10-6-3-7-11-16)18-13-12-15-8-4-2-5-9-15/h2-11H,14H2,1H3. The number of rotatable bonds is 3. The number of hydrogen-bond donors (Lipinski definition) is 0. The lowest BCUT2D eigenvalue weighted by Gasteiger charge is -2.10. The largest absolute Gasteiger partial charge is 0.238 e. The lowest BCUT2D eigenvalue weighted by Crippen LogP contribution is -2.07. The zero-order valence-electron chi connectivity index (χ0n) is 10.3. The van der Waals surface area contributed by atoms with Gasteiger partial charge in [-0.1, -0.05) is 54.5 Å². The molecule has 1 nitrogen and oxygen atoms in total. The van der Waals surface area contributed by atoms with Crippen molar-refractivity contribution < 1.29 is 0 Å². The molecule has 0 heterocycles. The first-order valence-corrected chi connectivity index (χ1v) is 6.60. The van der Waals surface area contributed by atoms with E-state index < -0.39 is 0 Å². The SMILES string of the molecule is CN(Cc1ccccc1)SC#Cc1ccccc1. The molecule has 0 aromatic heterocycles. The molecule has 18 heavy (non-hydrogen) atoms. The van der Waals surface area contributed by atoms with Gasteiger partial charge in [-0.25, -0.2) is 4.31 Å². The van der Waals surface area contributed by atoms with Gasteiger partial charge in [-0.3, -0.25) is 0 Å². The molecule has 0 radical (unpaired) electrons. The summed E-state index contributed by atoms with van der Waals surface area (Å²) in [5, 5.41) is 3.11. The van der Waals surface area contributed by atoms with Gasteiger partial charge in [-0.15, -0.1) is 0 Å². The Morgan fingerprint density at radius 3 is 2.22 bits per heavy atom. The van der Waals surface area contributed by atoms with Gasteiger partial charge in [0.2, 0.25) is 0 Å². The van der Waals surface area contributed by atoms with E-state index in [9.17, 15) is 0 Å². The Kier molecular flexibility index (Phi) is 4.89. The molecule has 0 aliphatic rings. The zero-order valence-corrected chi connectivity index (χ0v) is 11.2. The quantitative estimate of drug-likeness (QED) is 0.605. The molecule has 0 N–H and O–H groups in total. The summed E-state index contributed by atoms with van der Waals surface area (Å²) in [6.45, 7) is 0.898. The van der Waals surface area contributed by atoms with Gasteiger partial charge in [-0.2, -0.15) is 0 Å². The van der Waals surface area contributed by atoms with Crippen LogP contribution in [0.15, 0.2) is 60.7 Å². The van der Waals surface area contributed by atoms with Crippen molar-refractivity contribution in [2.75, 3.05) is 7.05 Å². The Morgan fingerprint density at radius 2 is 1.56 bits per heavy atom. The van der Waals surface area contributed by atoms with Crippen molar-refractivity contribution >= 4 is 11.9 Å². The van der Waals surface area contributed by atoms with Crippen molar-refractivity contribution in [2.45, 2.75) is 6.54 Å². The Morgan fingerprint density at radius 1 is 0.944 bits per heavy atom. The van der Waals surface area contributed by atoms with Crippen molar-refractivity contribution in [1.29, 1.82) is 0 Å². The fraction of sp³-hybridized carbons (Fsp3) is 0.125. The van der Waals surface area contributed by atoms with Crippen LogP contribution in [0.2, 0.25) is 0 Å². The van der Waals surface area contributed by atoms with Gasteiger partial charge in [-0.05, 0) is 30.0 Å². The second-order valence-electron chi connectivity index (χ2n) is 3.96. The third-order valence-corrected chi connectivity index (χ3v) is 3.05. The number of benzene rings is 2. The van der Waals surface area contributed by atoms with E-state index in [1.165, 1.54) is 17.5 Å². The van der Waals surface area contributed by atoms with Crippen molar-refractivity contribution in [1.82, 2.24) is 4.31 Å². The van der Waals surface area contributed by atoms with Gasteiger partial charge in [0.15, 0.2) is 0 Å². The van der Waals surface area contributed by atoms with Crippen LogP contribution >= 0.6 is 11.9 Å². The molecular weight excluding hydrogens is 238 g/mol. The van der Waals surface area contributed by atoms with Crippen LogP contribution in [0.25, 0.3) is 0 Å². The van der Waals surface area contributed by atoms with E-state index in [4.69, 9.17) is 0 Å². The fourth-order valence-electron chi connectivity index (χ4n) is 1.55. The van der Waals surface area contributed by atoms with E-state index in [2.05, 4.69) is 46.8 Å². The summed E-state index contributed by atoms with van der Waals surface area (Å²) in [4.78, 5) is 0. The Labute approximate surface area is 113 Å². The van der Waals surface area contributed by atoms with Crippen molar-refractivity contribution in [2.24, 2.45) is 0 Å². The molecule has 0 amide bonds. The number of hydrogen-bond acceptors (Lipinski definition) is 2. The molecule has 0 bridgehead atoms. The summed E-state index contributed by atoms with van der Waals surface area (Å²) >= 11 is 1.54. The minimum Gasteiger partial charge on any atom is -0.238 e. The van der Waals surface area contributed by atoms with Gasteiger partial charge in [0.1, 0.15) is 0 Å². The van der Waals surface area contributed by atoms with Crippen LogP contribution < -0.4 is 0 Å². The lowest BCUT2D eigenvalue weighted by molar-refractivity contribution is 0.568. The van der Waals surface area contributed by atoms with Crippen molar-refractivity contribution in [3.63, 3.8) is 0 Å². The van der Waals surface area contributed by atoms with E-state index in [0.29, 0.717) is 0 Å². The van der Waals surface area contributed by atoms with Crippen LogP contribution in [-0.4, -0.2) is 11.4 Å². The van der Waals surface area contributed by atoms with Crippen molar-refractivity contribution in [3.8, 4) is 11.2 Å². The molecule has 0 spiro atoms. The molecule has 2 heteroatoms. The summed E-state index contributed by atoms with van der Waals surface area (Å²) in [5.74, 6) is 3.13. The molecule has 2 rings (SSSR count). The summed E-state index contributed by atoms with van der Waals surface area (Å²) in [6.07, 6.45) is 0. The highest BCUT2D eigenvalue weighted by molar-refractivity contribution is 8.01. The third-order valence-electron chi connectivity index (χ3n) is 2.42. The van der Waals surface area contributed by atoms with E-state index >= 15 is 0 Å².